The number of aromatic nitrogens is 2. The van der Waals surface area contributed by atoms with E-state index in [1.165, 1.54) is 0 Å². The Bertz CT molecular complexity index is 546. The van der Waals surface area contributed by atoms with Crippen molar-refractivity contribution in [2.75, 3.05) is 0 Å². The van der Waals surface area contributed by atoms with Crippen LogP contribution in [0.3, 0.4) is 0 Å². The van der Waals surface area contributed by atoms with Crippen molar-refractivity contribution in [1.29, 1.82) is 5.41 Å². The zero-order valence-corrected chi connectivity index (χ0v) is 9.76. The average Bonchev–Trinajstić information content (AvgIpc) is 2.59. The molecule has 2 rings (SSSR count). The minimum atomic E-state index is 0.0365. The van der Waals surface area contributed by atoms with E-state index in [1.54, 1.807) is 12.3 Å². The smallest absolute Gasteiger partial charge is 0.138 e. The van der Waals surface area contributed by atoms with E-state index in [0.29, 0.717) is 0 Å². The van der Waals surface area contributed by atoms with Crippen LogP contribution < -0.4 is 5.73 Å². The van der Waals surface area contributed by atoms with E-state index < -0.39 is 0 Å². The number of nitrogens with zero attached hydrogens (tertiary/aromatic N) is 1. The Morgan fingerprint density at radius 3 is 2.69 bits per heavy atom. The summed E-state index contributed by atoms with van der Waals surface area (Å²) in [4.78, 5) is 7.52. The summed E-state index contributed by atoms with van der Waals surface area (Å²) in [5.74, 6) is 0.0758. The predicted octanol–water partition coefficient (Wildman–Crippen LogP) is 2.14. The molecule has 0 atom stereocenters. The summed E-state index contributed by atoms with van der Waals surface area (Å²) < 4.78 is 0. The van der Waals surface area contributed by atoms with Gasteiger partial charge in [0.25, 0.3) is 0 Å². The molecule has 4 nitrogen and oxygen atoms in total. The van der Waals surface area contributed by atoms with Gasteiger partial charge in [0.1, 0.15) is 11.5 Å². The van der Waals surface area contributed by atoms with Crippen LogP contribution in [0.2, 0.25) is 0 Å². The first-order chi connectivity index (χ1) is 7.39. The maximum absolute atomic E-state index is 7.52. The van der Waals surface area contributed by atoms with E-state index in [1.807, 2.05) is 6.07 Å². The minimum absolute atomic E-state index is 0.0365. The van der Waals surface area contributed by atoms with Gasteiger partial charge in [0.2, 0.25) is 0 Å². The molecule has 2 aromatic heterocycles. The lowest BCUT2D eigenvalue weighted by Gasteiger charge is -2.15. The number of aromatic amines is 1. The van der Waals surface area contributed by atoms with Gasteiger partial charge in [0.05, 0.1) is 0 Å². The Labute approximate surface area is 94.4 Å². The second kappa shape index (κ2) is 3.33. The van der Waals surface area contributed by atoms with Crippen LogP contribution in [0.25, 0.3) is 11.0 Å². The lowest BCUT2D eigenvalue weighted by atomic mass is 9.92. The molecule has 84 valence electrons. The molecule has 4 N–H and O–H groups in total. The number of amidine groups is 1. The average molecular weight is 216 g/mol. The molecule has 16 heavy (non-hydrogen) atoms. The number of rotatable bonds is 1. The third-order valence-corrected chi connectivity index (χ3v) is 2.63. The fourth-order valence-corrected chi connectivity index (χ4v) is 1.67. The number of pyridine rings is 1. The molecular formula is C12H16N4. The van der Waals surface area contributed by atoms with Crippen molar-refractivity contribution in [2.24, 2.45) is 5.73 Å². The van der Waals surface area contributed by atoms with E-state index in [4.69, 9.17) is 11.1 Å². The monoisotopic (exact) mass is 216 g/mol. The molecule has 0 aromatic carbocycles. The summed E-state index contributed by atoms with van der Waals surface area (Å²) in [6.45, 7) is 6.39. The molecule has 0 aliphatic rings. The number of nitrogens with two attached hydrogens (primary N) is 1. The van der Waals surface area contributed by atoms with Gasteiger partial charge < -0.3 is 10.7 Å². The lowest BCUT2D eigenvalue weighted by molar-refractivity contribution is 0.574. The van der Waals surface area contributed by atoms with Crippen LogP contribution in [0, 0.1) is 5.41 Å². The van der Waals surface area contributed by atoms with Crippen molar-refractivity contribution in [1.82, 2.24) is 9.97 Å². The van der Waals surface area contributed by atoms with E-state index in [-0.39, 0.29) is 11.3 Å². The Morgan fingerprint density at radius 2 is 2.12 bits per heavy atom. The third-order valence-electron chi connectivity index (χ3n) is 2.63. The molecule has 4 heteroatoms. The van der Waals surface area contributed by atoms with Crippen LogP contribution in [0.15, 0.2) is 18.3 Å². The minimum Gasteiger partial charge on any atom is -0.384 e. The molecule has 0 aliphatic heterocycles. The van der Waals surface area contributed by atoms with Gasteiger partial charge in [-0.1, -0.05) is 20.8 Å². The van der Waals surface area contributed by atoms with Crippen molar-refractivity contribution >= 4 is 16.9 Å². The molecule has 0 saturated carbocycles. The summed E-state index contributed by atoms with van der Waals surface area (Å²) in [6, 6.07) is 3.80. The number of nitrogen functional groups attached to an aromatic ring is 1. The SMILES string of the molecule is CC(C)(C)c1cc2c(C(=N)N)ccnc2[nH]1. The fourth-order valence-electron chi connectivity index (χ4n) is 1.67. The number of nitrogens with one attached hydrogen (secondary N) is 2. The van der Waals surface area contributed by atoms with Crippen LogP contribution >= 0.6 is 0 Å². The van der Waals surface area contributed by atoms with Gasteiger partial charge >= 0.3 is 0 Å². The molecule has 0 unspecified atom stereocenters. The topological polar surface area (TPSA) is 78.6 Å². The molecule has 0 saturated heterocycles. The standard InChI is InChI=1S/C12H16N4/c1-12(2,3)9-6-8-7(10(13)14)4-5-15-11(8)16-9/h4-6H,1-3H3,(H3,13,14)(H,15,16). The van der Waals surface area contributed by atoms with Crippen LogP contribution in [0.5, 0.6) is 0 Å². The molecule has 2 heterocycles. The third kappa shape index (κ3) is 1.66. The van der Waals surface area contributed by atoms with Crippen molar-refractivity contribution < 1.29 is 0 Å². The summed E-state index contributed by atoms with van der Waals surface area (Å²) in [5, 5.41) is 8.44. The quantitative estimate of drug-likeness (QED) is 0.504. The molecule has 0 amide bonds. The number of fused-ring (bicyclic) bond motifs is 1. The summed E-state index contributed by atoms with van der Waals surface area (Å²) in [5.41, 5.74) is 8.20. The molecule has 2 aromatic rings. The Hall–Kier alpha value is -1.84. The van der Waals surface area contributed by atoms with E-state index in [9.17, 15) is 0 Å². The van der Waals surface area contributed by atoms with Gasteiger partial charge in [-0.15, -0.1) is 0 Å². The first-order valence-electron chi connectivity index (χ1n) is 5.22. The number of hydrogen-bond donors (Lipinski definition) is 3. The Balaban J connectivity index is 2.71. The number of hydrogen-bond acceptors (Lipinski definition) is 2. The van der Waals surface area contributed by atoms with Gasteiger partial charge in [0, 0.05) is 28.3 Å². The Morgan fingerprint density at radius 1 is 1.44 bits per heavy atom. The second-order valence-corrected chi connectivity index (χ2v) is 4.97. The maximum atomic E-state index is 7.52. The Kier molecular flexibility index (Phi) is 2.22. The van der Waals surface area contributed by atoms with Gasteiger partial charge in [0.15, 0.2) is 0 Å². The van der Waals surface area contributed by atoms with E-state index in [2.05, 4.69) is 30.7 Å². The number of H-pyrrole nitrogens is 1. The molecule has 0 aliphatic carbocycles. The van der Waals surface area contributed by atoms with Crippen LogP contribution in [0.1, 0.15) is 32.0 Å². The predicted molar refractivity (Wildman–Crippen MR) is 65.8 cm³/mol. The molecule has 0 spiro atoms. The largest absolute Gasteiger partial charge is 0.384 e. The fraction of sp³-hybridized carbons (Fsp3) is 0.333. The van der Waals surface area contributed by atoms with Gasteiger partial charge in [-0.3, -0.25) is 5.41 Å². The van der Waals surface area contributed by atoms with Gasteiger partial charge in [-0.2, -0.15) is 0 Å². The van der Waals surface area contributed by atoms with Crippen LogP contribution in [-0.2, 0) is 5.41 Å². The van der Waals surface area contributed by atoms with Crippen LogP contribution in [0.4, 0.5) is 0 Å². The van der Waals surface area contributed by atoms with Crippen molar-refractivity contribution in [2.45, 2.75) is 26.2 Å². The van der Waals surface area contributed by atoms with E-state index in [0.717, 1.165) is 22.3 Å². The van der Waals surface area contributed by atoms with Crippen molar-refractivity contribution in [3.63, 3.8) is 0 Å². The normalized spacial score (nSPS) is 11.9. The summed E-state index contributed by atoms with van der Waals surface area (Å²) in [6.07, 6.45) is 1.67. The highest BCUT2D eigenvalue weighted by Crippen LogP contribution is 2.26. The van der Waals surface area contributed by atoms with Gasteiger partial charge in [-0.25, -0.2) is 4.98 Å². The van der Waals surface area contributed by atoms with Crippen molar-refractivity contribution in [3.8, 4) is 0 Å². The molecule has 0 radical (unpaired) electrons. The summed E-state index contributed by atoms with van der Waals surface area (Å²) in [7, 11) is 0. The first kappa shape index (κ1) is 10.7. The first-order valence-corrected chi connectivity index (χ1v) is 5.22. The highest BCUT2D eigenvalue weighted by atomic mass is 14.9. The molecule has 0 fully saturated rings. The van der Waals surface area contributed by atoms with Crippen LogP contribution in [-0.4, -0.2) is 15.8 Å². The summed E-state index contributed by atoms with van der Waals surface area (Å²) >= 11 is 0. The highest BCUT2D eigenvalue weighted by Gasteiger charge is 2.18. The zero-order valence-electron chi connectivity index (χ0n) is 9.76. The maximum Gasteiger partial charge on any atom is 0.138 e. The van der Waals surface area contributed by atoms with Gasteiger partial charge in [-0.05, 0) is 12.1 Å². The van der Waals surface area contributed by atoms with Crippen molar-refractivity contribution in [3.05, 3.63) is 29.6 Å². The zero-order chi connectivity index (χ0) is 11.9. The molecule has 0 bridgehead atoms. The highest BCUT2D eigenvalue weighted by molar-refractivity contribution is 6.06. The lowest BCUT2D eigenvalue weighted by Crippen LogP contribution is -2.11. The van der Waals surface area contributed by atoms with E-state index >= 15 is 0 Å². The molecular weight excluding hydrogens is 200 g/mol. The second-order valence-electron chi connectivity index (χ2n) is 4.97.